The molecule has 1 aromatic carbocycles. The van der Waals surface area contributed by atoms with Crippen LogP contribution in [0.3, 0.4) is 0 Å². The molecule has 2 fully saturated rings. The fourth-order valence-corrected chi connectivity index (χ4v) is 3.89. The minimum absolute atomic E-state index is 0. The van der Waals surface area contributed by atoms with E-state index in [4.69, 9.17) is 5.11 Å². The topological polar surface area (TPSA) is 81.7 Å². The number of rotatable bonds is 6. The van der Waals surface area contributed by atoms with Gasteiger partial charge in [0.2, 0.25) is 0 Å². The number of carboxylic acids is 1. The molecule has 2 heterocycles. The molecule has 158 valence electrons. The van der Waals surface area contributed by atoms with E-state index in [2.05, 4.69) is 27.7 Å². The summed E-state index contributed by atoms with van der Waals surface area (Å²) in [5, 5.41) is 15.3. The number of hydrogen-bond acceptors (Lipinski definition) is 4. The number of piperidine rings is 2. The molecule has 0 radical (unpaired) electrons. The van der Waals surface area contributed by atoms with Crippen LogP contribution in [0.2, 0.25) is 0 Å². The number of amides is 1. The van der Waals surface area contributed by atoms with E-state index in [1.807, 2.05) is 12.1 Å². The van der Waals surface area contributed by atoms with Gasteiger partial charge in [0, 0.05) is 31.2 Å². The number of likely N-dealkylation sites (tertiary alicyclic amines) is 1. The molecule has 0 aliphatic carbocycles. The number of aliphatic carboxylic acids is 1. The van der Waals surface area contributed by atoms with Crippen molar-refractivity contribution in [2.45, 2.75) is 44.1 Å². The van der Waals surface area contributed by atoms with Crippen LogP contribution in [0.5, 0.6) is 0 Å². The molecule has 0 spiro atoms. The summed E-state index contributed by atoms with van der Waals surface area (Å²) in [4.78, 5) is 25.3. The second kappa shape index (κ2) is 12.3. The second-order valence-electron chi connectivity index (χ2n) is 7.38. The molecule has 0 unspecified atom stereocenters. The molecule has 1 aromatic rings. The van der Waals surface area contributed by atoms with Crippen molar-refractivity contribution in [3.8, 4) is 0 Å². The van der Waals surface area contributed by atoms with Gasteiger partial charge in [0.25, 0.3) is 5.91 Å². The lowest BCUT2D eigenvalue weighted by Crippen LogP contribution is -2.45. The van der Waals surface area contributed by atoms with Gasteiger partial charge in [-0.25, -0.2) is 0 Å². The summed E-state index contributed by atoms with van der Waals surface area (Å²) in [6.07, 6.45) is 4.25. The highest BCUT2D eigenvalue weighted by molar-refractivity contribution is 5.94. The molecular weight excluding hydrogens is 401 g/mol. The highest BCUT2D eigenvalue weighted by Crippen LogP contribution is 2.25. The van der Waals surface area contributed by atoms with E-state index >= 15 is 0 Å². The molecule has 3 rings (SSSR count). The van der Waals surface area contributed by atoms with Gasteiger partial charge in [0.15, 0.2) is 0 Å². The number of halogens is 2. The van der Waals surface area contributed by atoms with Crippen LogP contribution in [0, 0.1) is 0 Å². The van der Waals surface area contributed by atoms with Gasteiger partial charge < -0.3 is 20.6 Å². The van der Waals surface area contributed by atoms with Gasteiger partial charge in [-0.05, 0) is 62.4 Å². The molecule has 0 atom stereocenters. The van der Waals surface area contributed by atoms with Crippen molar-refractivity contribution < 1.29 is 14.7 Å². The van der Waals surface area contributed by atoms with Crippen LogP contribution < -0.4 is 10.6 Å². The van der Waals surface area contributed by atoms with Crippen molar-refractivity contribution in [1.29, 1.82) is 0 Å². The van der Waals surface area contributed by atoms with Crippen molar-refractivity contribution in [3.05, 3.63) is 35.4 Å². The molecule has 3 N–H and O–H groups in total. The molecule has 0 saturated carbocycles. The summed E-state index contributed by atoms with van der Waals surface area (Å²) in [7, 11) is 0. The molecule has 1 amide bonds. The van der Waals surface area contributed by atoms with Gasteiger partial charge in [-0.3, -0.25) is 9.59 Å². The summed E-state index contributed by atoms with van der Waals surface area (Å²) in [5.74, 6) is -0.164. The smallest absolute Gasteiger partial charge is 0.304 e. The Bertz CT molecular complexity index is 614. The summed E-state index contributed by atoms with van der Waals surface area (Å²) in [6.45, 7) is 4.41. The highest BCUT2D eigenvalue weighted by Gasteiger charge is 2.22. The third-order valence-corrected chi connectivity index (χ3v) is 5.55. The van der Waals surface area contributed by atoms with Crippen LogP contribution in [-0.2, 0) is 4.79 Å². The Balaban J connectivity index is 0.00000196. The average molecular weight is 432 g/mol. The normalized spacial score (nSPS) is 18.6. The van der Waals surface area contributed by atoms with Crippen LogP contribution in [-0.4, -0.2) is 60.6 Å². The molecule has 2 aliphatic heterocycles. The predicted octanol–water partition coefficient (Wildman–Crippen LogP) is 2.67. The first-order valence-corrected chi connectivity index (χ1v) is 9.67. The molecule has 6 nitrogen and oxygen atoms in total. The first-order valence-electron chi connectivity index (χ1n) is 9.67. The molecule has 0 aromatic heterocycles. The second-order valence-corrected chi connectivity index (χ2v) is 7.38. The number of carbonyl (C=O) groups is 2. The highest BCUT2D eigenvalue weighted by atomic mass is 35.5. The summed E-state index contributed by atoms with van der Waals surface area (Å²) < 4.78 is 0. The maximum absolute atomic E-state index is 12.5. The number of nitrogens with one attached hydrogen (secondary N) is 2. The van der Waals surface area contributed by atoms with E-state index in [1.54, 1.807) is 0 Å². The van der Waals surface area contributed by atoms with Gasteiger partial charge in [0.1, 0.15) is 0 Å². The lowest BCUT2D eigenvalue weighted by molar-refractivity contribution is -0.137. The van der Waals surface area contributed by atoms with Crippen LogP contribution >= 0.6 is 24.8 Å². The Morgan fingerprint density at radius 2 is 1.64 bits per heavy atom. The molecule has 2 aliphatic rings. The maximum atomic E-state index is 12.5. The van der Waals surface area contributed by atoms with Crippen molar-refractivity contribution in [3.63, 3.8) is 0 Å². The zero-order valence-corrected chi connectivity index (χ0v) is 17.7. The van der Waals surface area contributed by atoms with Crippen molar-refractivity contribution >= 4 is 36.7 Å². The van der Waals surface area contributed by atoms with E-state index in [-0.39, 0.29) is 43.2 Å². The van der Waals surface area contributed by atoms with Crippen LogP contribution in [0.1, 0.15) is 53.9 Å². The number of benzene rings is 1. The third kappa shape index (κ3) is 7.24. The van der Waals surface area contributed by atoms with Gasteiger partial charge >= 0.3 is 5.97 Å². The minimum Gasteiger partial charge on any atom is -0.481 e. The van der Waals surface area contributed by atoms with Crippen molar-refractivity contribution in [2.75, 3.05) is 32.7 Å². The van der Waals surface area contributed by atoms with Crippen molar-refractivity contribution in [1.82, 2.24) is 15.5 Å². The Labute approximate surface area is 179 Å². The number of hydrogen-bond donors (Lipinski definition) is 3. The molecule has 8 heteroatoms. The standard InChI is InChI=1S/C20H29N3O3.2ClH/c24-19(25)9-14-23-12-7-18(8-13-23)22-20(26)17-3-1-15(2-4-17)16-5-10-21-11-6-16;;/h1-4,16,18,21H,5-14H2,(H,22,26)(H,24,25);2*1H. The van der Waals surface area contributed by atoms with E-state index < -0.39 is 5.97 Å². The first kappa shape index (κ1) is 24.7. The van der Waals surface area contributed by atoms with Crippen molar-refractivity contribution in [2.24, 2.45) is 0 Å². The molecule has 28 heavy (non-hydrogen) atoms. The van der Waals surface area contributed by atoms with Gasteiger partial charge in [-0.1, -0.05) is 12.1 Å². The first-order chi connectivity index (χ1) is 12.6. The Hall–Kier alpha value is -1.34. The van der Waals surface area contributed by atoms with Crippen LogP contribution in [0.4, 0.5) is 0 Å². The predicted molar refractivity (Wildman–Crippen MR) is 115 cm³/mol. The largest absolute Gasteiger partial charge is 0.481 e. The zero-order chi connectivity index (χ0) is 18.4. The Morgan fingerprint density at radius 3 is 2.21 bits per heavy atom. The number of carbonyl (C=O) groups excluding carboxylic acids is 1. The minimum atomic E-state index is -0.756. The van der Waals surface area contributed by atoms with E-state index in [1.165, 1.54) is 5.56 Å². The van der Waals surface area contributed by atoms with Crippen LogP contribution in [0.15, 0.2) is 24.3 Å². The fourth-order valence-electron chi connectivity index (χ4n) is 3.89. The fraction of sp³-hybridized carbons (Fsp3) is 0.600. The van der Waals surface area contributed by atoms with Gasteiger partial charge in [-0.2, -0.15) is 0 Å². The molecular formula is C20H31Cl2N3O3. The van der Waals surface area contributed by atoms with Crippen LogP contribution in [0.25, 0.3) is 0 Å². The quantitative estimate of drug-likeness (QED) is 0.644. The zero-order valence-electron chi connectivity index (χ0n) is 16.1. The van der Waals surface area contributed by atoms with Gasteiger partial charge in [0.05, 0.1) is 6.42 Å². The average Bonchev–Trinajstić information content (AvgIpc) is 2.68. The molecule has 0 bridgehead atoms. The summed E-state index contributed by atoms with van der Waals surface area (Å²) in [6, 6.07) is 8.25. The van der Waals surface area contributed by atoms with Gasteiger partial charge in [-0.15, -0.1) is 24.8 Å². The number of carboxylic acid groups (broad SMARTS) is 1. The summed E-state index contributed by atoms with van der Waals surface area (Å²) >= 11 is 0. The SMILES string of the molecule is Cl.Cl.O=C(O)CCN1CCC(NC(=O)c2ccc(C3CCNCC3)cc2)CC1. The number of nitrogens with zero attached hydrogens (tertiary/aromatic N) is 1. The van der Waals surface area contributed by atoms with E-state index in [0.717, 1.165) is 57.4 Å². The molecule has 2 saturated heterocycles. The maximum Gasteiger partial charge on any atom is 0.304 e. The Kier molecular flexibility index (Phi) is 10.8. The Morgan fingerprint density at radius 1 is 1.04 bits per heavy atom. The van der Waals surface area contributed by atoms with E-state index in [0.29, 0.717) is 12.5 Å². The summed E-state index contributed by atoms with van der Waals surface area (Å²) in [5.41, 5.74) is 2.05. The lowest BCUT2D eigenvalue weighted by atomic mass is 9.90. The monoisotopic (exact) mass is 431 g/mol. The lowest BCUT2D eigenvalue weighted by Gasteiger charge is -2.32. The third-order valence-electron chi connectivity index (χ3n) is 5.55. The van der Waals surface area contributed by atoms with E-state index in [9.17, 15) is 9.59 Å².